The number of fused-ring (bicyclic) bond motifs is 1. The number of benzene rings is 2. The average Bonchev–Trinajstić information content (AvgIpc) is 3.17. The second kappa shape index (κ2) is 7.36. The summed E-state index contributed by atoms with van der Waals surface area (Å²) in [6, 6.07) is 10.0. The lowest BCUT2D eigenvalue weighted by atomic mass is 10.0. The number of carbonyl (C=O) groups is 1. The Morgan fingerprint density at radius 2 is 1.93 bits per heavy atom. The van der Waals surface area contributed by atoms with Crippen LogP contribution >= 0.6 is 11.6 Å². The molecule has 2 aromatic carbocycles. The van der Waals surface area contributed by atoms with Crippen molar-refractivity contribution in [2.24, 2.45) is 0 Å². The molecule has 0 saturated carbocycles. The summed E-state index contributed by atoms with van der Waals surface area (Å²) in [5, 5.41) is 19.5. The van der Waals surface area contributed by atoms with Crippen molar-refractivity contribution in [3.63, 3.8) is 0 Å². The smallest absolute Gasteiger partial charge is 0.337 e. The van der Waals surface area contributed by atoms with Gasteiger partial charge in [-0.3, -0.25) is 4.79 Å². The lowest BCUT2D eigenvalue weighted by molar-refractivity contribution is 0.0697. The van der Waals surface area contributed by atoms with Crippen molar-refractivity contribution in [3.05, 3.63) is 57.3 Å². The fourth-order valence-corrected chi connectivity index (χ4v) is 3.12. The highest BCUT2D eigenvalue weighted by Crippen LogP contribution is 2.34. The van der Waals surface area contributed by atoms with Crippen LogP contribution in [0.15, 0.2) is 41.2 Å². The standard InChI is InChI=1S/C19H14ClN5O4/c1-2-29-14-8-10(9-4-6-13(20)12(7-9)19(27)28)3-5-11(14)16-21-17-15(18(26)22-16)23-25-24-17/h3-8H,2H2,1H3,(H,27,28)(H2,21,22,23,24,25,26). The number of nitrogens with zero attached hydrogens (tertiary/aromatic N) is 3. The number of aromatic amines is 2. The number of hydrogen-bond acceptors (Lipinski definition) is 6. The van der Waals surface area contributed by atoms with E-state index >= 15 is 0 Å². The van der Waals surface area contributed by atoms with Gasteiger partial charge in [-0.05, 0) is 42.3 Å². The Morgan fingerprint density at radius 3 is 2.69 bits per heavy atom. The van der Waals surface area contributed by atoms with Gasteiger partial charge >= 0.3 is 5.97 Å². The molecule has 0 spiro atoms. The first-order chi connectivity index (χ1) is 14.0. The van der Waals surface area contributed by atoms with Crippen molar-refractivity contribution in [2.45, 2.75) is 6.92 Å². The summed E-state index contributed by atoms with van der Waals surface area (Å²) in [6.07, 6.45) is 0. The zero-order valence-corrected chi connectivity index (χ0v) is 15.8. The molecule has 9 nitrogen and oxygen atoms in total. The van der Waals surface area contributed by atoms with Crippen molar-refractivity contribution in [3.8, 4) is 28.3 Å². The Labute approximate surface area is 168 Å². The van der Waals surface area contributed by atoms with E-state index in [2.05, 4.69) is 25.4 Å². The lowest BCUT2D eigenvalue weighted by Gasteiger charge is -2.12. The molecule has 0 bridgehead atoms. The summed E-state index contributed by atoms with van der Waals surface area (Å²) < 4.78 is 5.74. The molecule has 0 atom stereocenters. The van der Waals surface area contributed by atoms with Gasteiger partial charge in [0.2, 0.25) is 5.65 Å². The Hall–Kier alpha value is -3.72. The van der Waals surface area contributed by atoms with Gasteiger partial charge < -0.3 is 14.8 Å². The summed E-state index contributed by atoms with van der Waals surface area (Å²) in [6.45, 7) is 2.21. The van der Waals surface area contributed by atoms with Gasteiger partial charge in [0.1, 0.15) is 11.6 Å². The van der Waals surface area contributed by atoms with E-state index < -0.39 is 11.5 Å². The second-order valence-corrected chi connectivity index (χ2v) is 6.46. The normalized spacial score (nSPS) is 11.0. The summed E-state index contributed by atoms with van der Waals surface area (Å²) in [5.74, 6) is -0.349. The molecule has 3 N–H and O–H groups in total. The maximum atomic E-state index is 12.2. The maximum absolute atomic E-state index is 12.2. The number of nitrogens with one attached hydrogen (secondary N) is 2. The van der Waals surface area contributed by atoms with E-state index in [0.717, 1.165) is 5.56 Å². The molecule has 0 unspecified atom stereocenters. The van der Waals surface area contributed by atoms with E-state index in [9.17, 15) is 14.7 Å². The number of aromatic nitrogens is 5. The minimum atomic E-state index is -1.11. The third-order valence-corrected chi connectivity index (χ3v) is 4.59. The molecule has 4 rings (SSSR count). The van der Waals surface area contributed by atoms with Crippen molar-refractivity contribution < 1.29 is 14.6 Å². The van der Waals surface area contributed by atoms with Gasteiger partial charge in [0.25, 0.3) is 5.56 Å². The third-order valence-electron chi connectivity index (χ3n) is 4.26. The van der Waals surface area contributed by atoms with Crippen LogP contribution in [0.25, 0.3) is 33.7 Å². The molecule has 0 saturated heterocycles. The predicted octanol–water partition coefficient (Wildman–Crippen LogP) is 3.13. The average molecular weight is 412 g/mol. The molecule has 0 fully saturated rings. The SMILES string of the molecule is CCOc1cc(-c2ccc(Cl)c(C(=O)O)c2)ccc1-c1nc2n[nH]nc2c(=O)[nH]1. The Kier molecular flexibility index (Phi) is 4.73. The van der Waals surface area contributed by atoms with Crippen LogP contribution in [0.5, 0.6) is 5.75 Å². The van der Waals surface area contributed by atoms with Crippen LogP contribution in [0.4, 0.5) is 0 Å². The van der Waals surface area contributed by atoms with E-state index in [1.54, 1.807) is 24.3 Å². The number of hydrogen-bond donors (Lipinski definition) is 3. The number of rotatable bonds is 5. The van der Waals surface area contributed by atoms with Crippen LogP contribution in [-0.2, 0) is 0 Å². The molecule has 0 aliphatic carbocycles. The zero-order valence-electron chi connectivity index (χ0n) is 15.1. The monoisotopic (exact) mass is 411 g/mol. The molecule has 0 radical (unpaired) electrons. The van der Waals surface area contributed by atoms with Gasteiger partial charge in [0.15, 0.2) is 5.52 Å². The number of carboxylic acid groups (broad SMARTS) is 1. The second-order valence-electron chi connectivity index (χ2n) is 6.05. The van der Waals surface area contributed by atoms with Crippen LogP contribution in [-0.4, -0.2) is 43.1 Å². The summed E-state index contributed by atoms with van der Waals surface area (Å²) in [7, 11) is 0. The van der Waals surface area contributed by atoms with E-state index in [-0.39, 0.29) is 27.6 Å². The molecule has 2 heterocycles. The van der Waals surface area contributed by atoms with Gasteiger partial charge in [-0.25, -0.2) is 9.78 Å². The number of carboxylic acids is 1. The topological polar surface area (TPSA) is 134 Å². The van der Waals surface area contributed by atoms with Crippen LogP contribution in [0, 0.1) is 0 Å². The van der Waals surface area contributed by atoms with Crippen LogP contribution < -0.4 is 10.3 Å². The Morgan fingerprint density at radius 1 is 1.17 bits per heavy atom. The number of aromatic carboxylic acids is 1. The molecule has 29 heavy (non-hydrogen) atoms. The summed E-state index contributed by atoms with van der Waals surface area (Å²) in [4.78, 5) is 30.6. The molecule has 0 aliphatic heterocycles. The first kappa shape index (κ1) is 18.6. The van der Waals surface area contributed by atoms with Crippen LogP contribution in [0.3, 0.4) is 0 Å². The lowest BCUT2D eigenvalue weighted by Crippen LogP contribution is -2.10. The minimum absolute atomic E-state index is 0.00804. The molecule has 146 valence electrons. The number of halogens is 1. The van der Waals surface area contributed by atoms with Crippen molar-refractivity contribution in [1.82, 2.24) is 25.4 Å². The molecule has 2 aromatic heterocycles. The number of H-pyrrole nitrogens is 2. The van der Waals surface area contributed by atoms with E-state index in [1.807, 2.05) is 6.92 Å². The minimum Gasteiger partial charge on any atom is -0.493 e. The highest BCUT2D eigenvalue weighted by molar-refractivity contribution is 6.33. The Bertz CT molecular complexity index is 1300. The summed E-state index contributed by atoms with van der Waals surface area (Å²) >= 11 is 5.96. The van der Waals surface area contributed by atoms with E-state index in [4.69, 9.17) is 16.3 Å². The van der Waals surface area contributed by atoms with Crippen molar-refractivity contribution >= 4 is 28.7 Å². The molecular weight excluding hydrogens is 398 g/mol. The molecule has 0 aliphatic rings. The van der Waals surface area contributed by atoms with Gasteiger partial charge in [-0.1, -0.05) is 23.7 Å². The fourth-order valence-electron chi connectivity index (χ4n) is 2.92. The highest BCUT2D eigenvalue weighted by Gasteiger charge is 2.16. The van der Waals surface area contributed by atoms with E-state index in [1.165, 1.54) is 12.1 Å². The largest absolute Gasteiger partial charge is 0.493 e. The van der Waals surface area contributed by atoms with Crippen molar-refractivity contribution in [1.29, 1.82) is 0 Å². The first-order valence-corrected chi connectivity index (χ1v) is 8.97. The van der Waals surface area contributed by atoms with Gasteiger partial charge in [0.05, 0.1) is 22.8 Å². The molecule has 4 aromatic rings. The molecular formula is C19H14ClN5O4. The summed E-state index contributed by atoms with van der Waals surface area (Å²) in [5.41, 5.74) is 1.84. The maximum Gasteiger partial charge on any atom is 0.337 e. The highest BCUT2D eigenvalue weighted by atomic mass is 35.5. The van der Waals surface area contributed by atoms with Gasteiger partial charge in [-0.2, -0.15) is 5.21 Å². The predicted molar refractivity (Wildman–Crippen MR) is 106 cm³/mol. The number of ether oxygens (including phenoxy) is 1. The quantitative estimate of drug-likeness (QED) is 0.459. The third kappa shape index (κ3) is 3.43. The van der Waals surface area contributed by atoms with Crippen LogP contribution in [0.1, 0.15) is 17.3 Å². The zero-order chi connectivity index (χ0) is 20.5. The van der Waals surface area contributed by atoms with Crippen molar-refractivity contribution in [2.75, 3.05) is 6.61 Å². The Balaban J connectivity index is 1.84. The molecule has 10 heteroatoms. The van der Waals surface area contributed by atoms with Crippen LogP contribution in [0.2, 0.25) is 5.02 Å². The van der Waals surface area contributed by atoms with E-state index in [0.29, 0.717) is 23.5 Å². The van der Waals surface area contributed by atoms with Gasteiger partial charge in [0, 0.05) is 0 Å². The van der Waals surface area contributed by atoms with Gasteiger partial charge in [-0.15, -0.1) is 10.2 Å². The first-order valence-electron chi connectivity index (χ1n) is 8.59. The molecule has 0 amide bonds. The fraction of sp³-hybridized carbons (Fsp3) is 0.105.